The maximum Gasteiger partial charge on any atom is 0.235 e. The summed E-state index contributed by atoms with van der Waals surface area (Å²) in [5, 5.41) is 4.56. The number of hydrogen-bond donors (Lipinski definition) is 1. The number of nitrogens with zero attached hydrogens (tertiary/aromatic N) is 4. The third-order valence-corrected chi connectivity index (χ3v) is 7.07. The molecule has 3 heterocycles. The molecule has 1 aliphatic carbocycles. The van der Waals surface area contributed by atoms with Gasteiger partial charge in [-0.25, -0.2) is 13.9 Å². The number of rotatable bonds is 5. The maximum absolute atomic E-state index is 13.4. The molecule has 8 heteroatoms. The fraction of sp³-hybridized carbons (Fsp3) is 0.269. The van der Waals surface area contributed by atoms with E-state index in [1.807, 2.05) is 42.2 Å². The Bertz CT molecular complexity index is 1410. The maximum atomic E-state index is 13.4. The summed E-state index contributed by atoms with van der Waals surface area (Å²) in [5.41, 5.74) is 9.54. The molecule has 2 aromatic carbocycles. The predicted octanol–water partition coefficient (Wildman–Crippen LogP) is 3.96. The molecule has 4 aromatic rings. The lowest BCUT2D eigenvalue weighted by molar-refractivity contribution is -0.122. The zero-order valence-corrected chi connectivity index (χ0v) is 18.7. The second-order valence-electron chi connectivity index (χ2n) is 9.44. The van der Waals surface area contributed by atoms with Crippen LogP contribution in [-0.2, 0) is 11.4 Å². The Morgan fingerprint density at radius 1 is 1.12 bits per heavy atom. The number of carbonyl (C=O) groups is 1. The second kappa shape index (κ2) is 7.36. The molecule has 2 aromatic heterocycles. The Balaban J connectivity index is 1.25. The zero-order chi connectivity index (χ0) is 23.5. The van der Waals surface area contributed by atoms with Gasteiger partial charge in [0.25, 0.3) is 0 Å². The summed E-state index contributed by atoms with van der Waals surface area (Å²) in [6.45, 7) is 2.71. The zero-order valence-electron chi connectivity index (χ0n) is 18.7. The Morgan fingerprint density at radius 2 is 1.91 bits per heavy atom. The van der Waals surface area contributed by atoms with E-state index < -0.39 is 5.54 Å². The highest BCUT2D eigenvalue weighted by atomic mass is 19.1. The van der Waals surface area contributed by atoms with E-state index >= 15 is 0 Å². The number of amides is 1. The first-order valence-electron chi connectivity index (χ1n) is 11.3. The summed E-state index contributed by atoms with van der Waals surface area (Å²) < 4.78 is 20.9. The molecule has 0 radical (unpaired) electrons. The summed E-state index contributed by atoms with van der Waals surface area (Å²) in [6.07, 6.45) is 3.49. The number of carbonyl (C=O) groups excluding carboxylic acids is 1. The van der Waals surface area contributed by atoms with Gasteiger partial charge in [-0.05, 0) is 55.7 Å². The van der Waals surface area contributed by atoms with Crippen molar-refractivity contribution in [3.63, 3.8) is 0 Å². The van der Waals surface area contributed by atoms with E-state index in [-0.39, 0.29) is 23.7 Å². The average molecular weight is 458 g/mol. The van der Waals surface area contributed by atoms with E-state index in [1.165, 1.54) is 12.1 Å². The SMILES string of the molecule is CC1(N)CN(c2ccc(-c3cnc4ccc(OCc5cccc(F)c5)nn34)cc2)C(=O)C12CC2. The smallest absolute Gasteiger partial charge is 0.235 e. The van der Waals surface area contributed by atoms with Crippen LogP contribution in [0.1, 0.15) is 25.3 Å². The number of halogens is 1. The molecular weight excluding hydrogens is 433 g/mol. The number of benzene rings is 2. The fourth-order valence-corrected chi connectivity index (χ4v) is 4.90. The van der Waals surface area contributed by atoms with Crippen molar-refractivity contribution in [1.82, 2.24) is 14.6 Å². The van der Waals surface area contributed by atoms with E-state index in [1.54, 1.807) is 28.9 Å². The molecule has 1 amide bonds. The third-order valence-electron chi connectivity index (χ3n) is 7.07. The van der Waals surface area contributed by atoms with Crippen molar-refractivity contribution in [2.24, 2.45) is 11.1 Å². The Hall–Kier alpha value is -3.78. The Labute approximate surface area is 196 Å². The van der Waals surface area contributed by atoms with E-state index in [2.05, 4.69) is 10.1 Å². The standard InChI is InChI=1S/C26H24FN5O2/c1-25(28)16-31(24(33)26(25)11-12-26)20-7-5-18(6-8-20)21-14-29-22-9-10-23(30-32(21)22)34-15-17-3-2-4-19(27)13-17/h2-10,13-14H,11-12,15-16,28H2,1H3. The monoisotopic (exact) mass is 457 g/mol. The van der Waals surface area contributed by atoms with Crippen molar-refractivity contribution in [3.8, 4) is 17.1 Å². The van der Waals surface area contributed by atoms with E-state index in [4.69, 9.17) is 10.5 Å². The lowest BCUT2D eigenvalue weighted by Gasteiger charge is -2.23. The first-order valence-corrected chi connectivity index (χ1v) is 11.3. The van der Waals surface area contributed by atoms with Gasteiger partial charge in [0.05, 0.1) is 17.3 Å². The minimum atomic E-state index is -0.504. The quantitative estimate of drug-likeness (QED) is 0.490. The summed E-state index contributed by atoms with van der Waals surface area (Å²) in [6, 6.07) is 17.6. The minimum absolute atomic E-state index is 0.127. The molecular formula is C26H24FN5O2. The number of nitrogens with two attached hydrogens (primary N) is 1. The highest BCUT2D eigenvalue weighted by Crippen LogP contribution is 2.58. The molecule has 1 atom stereocenters. The number of aromatic nitrogens is 3. The van der Waals surface area contributed by atoms with Gasteiger partial charge in [0.15, 0.2) is 5.65 Å². The van der Waals surface area contributed by atoms with Crippen molar-refractivity contribution in [1.29, 1.82) is 0 Å². The van der Waals surface area contributed by atoms with Crippen LogP contribution in [0.15, 0.2) is 66.9 Å². The van der Waals surface area contributed by atoms with Crippen LogP contribution < -0.4 is 15.4 Å². The van der Waals surface area contributed by atoms with Gasteiger partial charge in [0.1, 0.15) is 12.4 Å². The van der Waals surface area contributed by atoms with Crippen LogP contribution in [-0.4, -0.2) is 32.6 Å². The summed E-state index contributed by atoms with van der Waals surface area (Å²) >= 11 is 0. The fourth-order valence-electron chi connectivity index (χ4n) is 4.90. The number of hydrogen-bond acceptors (Lipinski definition) is 5. The molecule has 0 bridgehead atoms. The molecule has 2 N–H and O–H groups in total. The van der Waals surface area contributed by atoms with Crippen LogP contribution in [0.25, 0.3) is 16.9 Å². The predicted molar refractivity (Wildman–Crippen MR) is 126 cm³/mol. The number of fused-ring (bicyclic) bond motifs is 1. The average Bonchev–Trinajstić information content (AvgIpc) is 3.52. The Morgan fingerprint density at radius 3 is 2.62 bits per heavy atom. The van der Waals surface area contributed by atoms with Gasteiger partial charge >= 0.3 is 0 Å². The molecule has 1 saturated carbocycles. The molecule has 34 heavy (non-hydrogen) atoms. The van der Waals surface area contributed by atoms with Gasteiger partial charge in [-0.15, -0.1) is 5.10 Å². The van der Waals surface area contributed by atoms with Crippen molar-refractivity contribution < 1.29 is 13.9 Å². The van der Waals surface area contributed by atoms with E-state index in [0.29, 0.717) is 18.1 Å². The van der Waals surface area contributed by atoms with Gasteiger partial charge in [-0.2, -0.15) is 0 Å². The highest BCUT2D eigenvalue weighted by Gasteiger charge is 2.66. The van der Waals surface area contributed by atoms with Gasteiger partial charge in [-0.1, -0.05) is 24.3 Å². The first-order chi connectivity index (χ1) is 16.4. The van der Waals surface area contributed by atoms with E-state index in [9.17, 15) is 9.18 Å². The normalized spacial score (nSPS) is 20.9. The van der Waals surface area contributed by atoms with Crippen molar-refractivity contribution in [2.45, 2.75) is 31.9 Å². The number of anilines is 1. The van der Waals surface area contributed by atoms with Gasteiger partial charge in [-0.3, -0.25) is 4.79 Å². The molecule has 2 fully saturated rings. The molecule has 1 aliphatic heterocycles. The second-order valence-corrected chi connectivity index (χ2v) is 9.44. The van der Waals surface area contributed by atoms with E-state index in [0.717, 1.165) is 35.3 Å². The first kappa shape index (κ1) is 20.8. The van der Waals surface area contributed by atoms with Crippen LogP contribution in [0, 0.1) is 11.2 Å². The lowest BCUT2D eigenvalue weighted by Crippen LogP contribution is -2.46. The topological polar surface area (TPSA) is 85.8 Å². The summed E-state index contributed by atoms with van der Waals surface area (Å²) in [5.74, 6) is 0.234. The molecule has 172 valence electrons. The third kappa shape index (κ3) is 3.25. The lowest BCUT2D eigenvalue weighted by atomic mass is 9.87. The number of imidazole rings is 1. The molecule has 7 nitrogen and oxygen atoms in total. The van der Waals surface area contributed by atoms with Crippen molar-refractivity contribution in [3.05, 3.63) is 78.2 Å². The minimum Gasteiger partial charge on any atom is -0.472 e. The largest absolute Gasteiger partial charge is 0.472 e. The molecule has 2 aliphatic rings. The van der Waals surface area contributed by atoms with Crippen LogP contribution >= 0.6 is 0 Å². The summed E-state index contributed by atoms with van der Waals surface area (Å²) in [7, 11) is 0. The van der Waals surface area contributed by atoms with Gasteiger partial charge < -0.3 is 15.4 Å². The van der Waals surface area contributed by atoms with Crippen molar-refractivity contribution in [2.75, 3.05) is 11.4 Å². The molecule has 6 rings (SSSR count). The van der Waals surface area contributed by atoms with Gasteiger partial charge in [0.2, 0.25) is 11.8 Å². The Kier molecular flexibility index (Phi) is 4.50. The van der Waals surface area contributed by atoms with Crippen LogP contribution in [0.2, 0.25) is 0 Å². The number of ether oxygens (including phenoxy) is 1. The molecule has 1 spiro atoms. The molecule has 1 unspecified atom stereocenters. The van der Waals surface area contributed by atoms with Crippen LogP contribution in [0.3, 0.4) is 0 Å². The summed E-state index contributed by atoms with van der Waals surface area (Å²) in [4.78, 5) is 19.2. The van der Waals surface area contributed by atoms with Crippen LogP contribution in [0.4, 0.5) is 10.1 Å². The highest BCUT2D eigenvalue weighted by molar-refractivity contribution is 6.03. The van der Waals surface area contributed by atoms with Gasteiger partial charge in [0, 0.05) is 29.4 Å². The van der Waals surface area contributed by atoms with Crippen molar-refractivity contribution >= 4 is 17.2 Å². The van der Waals surface area contributed by atoms with Crippen LogP contribution in [0.5, 0.6) is 5.88 Å². The molecule has 1 saturated heterocycles.